The molecule has 30 heavy (non-hydrogen) atoms. The van der Waals surface area contributed by atoms with E-state index in [0.29, 0.717) is 29.3 Å². The van der Waals surface area contributed by atoms with Gasteiger partial charge in [0.05, 0.1) is 18.0 Å². The monoisotopic (exact) mass is 404 g/mol. The minimum absolute atomic E-state index is 0.329. The first kappa shape index (κ1) is 21.3. The maximum Gasteiger partial charge on any atom is 0.0868 e. The number of fused-ring (bicyclic) bond motifs is 1. The number of hydrogen-bond donors (Lipinski definition) is 5. The molecule has 1 aromatic heterocycles. The minimum Gasteiger partial charge on any atom is -0.404 e. The van der Waals surface area contributed by atoms with Crippen molar-refractivity contribution in [3.63, 3.8) is 0 Å². The summed E-state index contributed by atoms with van der Waals surface area (Å²) >= 11 is 0. The summed E-state index contributed by atoms with van der Waals surface area (Å²) in [4.78, 5) is 7.36. The summed E-state index contributed by atoms with van der Waals surface area (Å²) in [6, 6.07) is 13.7. The molecule has 0 aliphatic carbocycles. The summed E-state index contributed by atoms with van der Waals surface area (Å²) < 4.78 is 5.06. The van der Waals surface area contributed by atoms with E-state index in [2.05, 4.69) is 27.4 Å². The van der Waals surface area contributed by atoms with E-state index in [0.717, 1.165) is 35.1 Å². The molecule has 3 rings (SSSR count). The van der Waals surface area contributed by atoms with Crippen LogP contribution in [-0.4, -0.2) is 44.2 Å². The minimum atomic E-state index is 0.329. The fraction of sp³-hybridized carbons (Fsp3) is 0.217. The van der Waals surface area contributed by atoms with Crippen molar-refractivity contribution in [1.29, 1.82) is 5.41 Å². The Morgan fingerprint density at radius 2 is 2.07 bits per heavy atom. The van der Waals surface area contributed by atoms with Crippen LogP contribution in [-0.2, 0) is 11.3 Å². The molecule has 156 valence electrons. The van der Waals surface area contributed by atoms with Gasteiger partial charge in [0, 0.05) is 67.4 Å². The quantitative estimate of drug-likeness (QED) is 0.214. The maximum absolute atomic E-state index is 8.73. The van der Waals surface area contributed by atoms with Crippen molar-refractivity contribution in [2.75, 3.05) is 33.0 Å². The number of rotatable bonds is 9. The number of aliphatic imine (C=N–C) groups is 1. The first-order valence-electron chi connectivity index (χ1n) is 9.72. The van der Waals surface area contributed by atoms with Crippen molar-refractivity contribution in [3.8, 4) is 0 Å². The molecule has 7 N–H and O–H groups in total. The average molecular weight is 405 g/mol. The lowest BCUT2D eigenvalue weighted by atomic mass is 9.99. The van der Waals surface area contributed by atoms with Gasteiger partial charge in [-0.2, -0.15) is 0 Å². The lowest BCUT2D eigenvalue weighted by Gasteiger charge is -2.09. The third-order valence-electron chi connectivity index (χ3n) is 4.87. The predicted octanol–water partition coefficient (Wildman–Crippen LogP) is 2.90. The molecule has 2 aromatic carbocycles. The van der Waals surface area contributed by atoms with Crippen LogP contribution in [0.1, 0.15) is 22.4 Å². The van der Waals surface area contributed by atoms with Crippen molar-refractivity contribution in [1.82, 2.24) is 10.3 Å². The number of nitrogens with zero attached hydrogens (tertiary/aromatic N) is 1. The summed E-state index contributed by atoms with van der Waals surface area (Å²) in [5, 5.41) is 13.1. The number of methoxy groups -OCH3 is 1. The second kappa shape index (κ2) is 9.87. The first-order chi connectivity index (χ1) is 14.6. The second-order valence-electron chi connectivity index (χ2n) is 6.96. The van der Waals surface area contributed by atoms with Crippen molar-refractivity contribution >= 4 is 34.1 Å². The highest BCUT2D eigenvalue weighted by molar-refractivity contribution is 6.16. The molecule has 0 aliphatic heterocycles. The van der Waals surface area contributed by atoms with Crippen LogP contribution in [0, 0.1) is 5.41 Å². The number of aromatic amines is 1. The number of allylic oxidation sites excluding steroid dienone is 1. The van der Waals surface area contributed by atoms with E-state index >= 15 is 0 Å². The first-order valence-corrected chi connectivity index (χ1v) is 9.72. The summed E-state index contributed by atoms with van der Waals surface area (Å²) in [6.07, 6.45) is 3.18. The number of hydrogen-bond acceptors (Lipinski definition) is 6. The molecule has 7 heteroatoms. The highest BCUT2D eigenvalue weighted by Crippen LogP contribution is 2.24. The van der Waals surface area contributed by atoms with E-state index < -0.39 is 0 Å². The van der Waals surface area contributed by atoms with Gasteiger partial charge in [-0.1, -0.05) is 12.1 Å². The van der Waals surface area contributed by atoms with Crippen LogP contribution in [0.2, 0.25) is 0 Å². The third-order valence-corrected chi connectivity index (χ3v) is 4.87. The fourth-order valence-corrected chi connectivity index (χ4v) is 3.28. The van der Waals surface area contributed by atoms with Gasteiger partial charge in [0.15, 0.2) is 0 Å². The lowest BCUT2D eigenvalue weighted by molar-refractivity contribution is 0.199. The lowest BCUT2D eigenvalue weighted by Crippen LogP contribution is -2.18. The standard InChI is InChI=1S/C23H28N6O/c1-27-14-18(12-24)16-4-5-20(25)19(10-16)23(26)22-11-17-9-15(3-6-21(17)29-22)13-28-7-8-30-2/h3-6,9-12,14,26,28-29H,7-8,13,24-25H2,1-2H3/b18-12+,26-23?,27-14?. The number of nitrogens with two attached hydrogens (primary N) is 2. The predicted molar refractivity (Wildman–Crippen MR) is 125 cm³/mol. The Hall–Kier alpha value is -3.42. The van der Waals surface area contributed by atoms with Crippen LogP contribution < -0.4 is 16.8 Å². The van der Waals surface area contributed by atoms with Gasteiger partial charge in [0.1, 0.15) is 0 Å². The molecule has 0 amide bonds. The van der Waals surface area contributed by atoms with Crippen molar-refractivity contribution in [2.45, 2.75) is 6.54 Å². The molecule has 0 aliphatic rings. The Bertz CT molecular complexity index is 1100. The molecule has 0 saturated heterocycles. The average Bonchev–Trinajstić information content (AvgIpc) is 3.18. The zero-order chi connectivity index (χ0) is 21.5. The summed E-state index contributed by atoms with van der Waals surface area (Å²) in [5.41, 5.74) is 17.9. The summed E-state index contributed by atoms with van der Waals surface area (Å²) in [6.45, 7) is 2.24. The summed E-state index contributed by atoms with van der Waals surface area (Å²) in [5.74, 6) is 0. The molecule has 0 bridgehead atoms. The zero-order valence-electron chi connectivity index (χ0n) is 17.3. The number of anilines is 1. The molecular formula is C23H28N6O. The number of benzene rings is 2. The van der Waals surface area contributed by atoms with E-state index in [1.807, 2.05) is 24.3 Å². The molecule has 1 heterocycles. The number of aromatic nitrogens is 1. The van der Waals surface area contributed by atoms with Crippen LogP contribution in [0.25, 0.3) is 16.5 Å². The highest BCUT2D eigenvalue weighted by Gasteiger charge is 2.13. The fourth-order valence-electron chi connectivity index (χ4n) is 3.28. The van der Waals surface area contributed by atoms with Crippen molar-refractivity contribution in [3.05, 3.63) is 71.0 Å². The molecule has 0 fully saturated rings. The smallest absolute Gasteiger partial charge is 0.0868 e. The van der Waals surface area contributed by atoms with Crippen LogP contribution in [0.3, 0.4) is 0 Å². The van der Waals surface area contributed by atoms with Crippen LogP contribution in [0.5, 0.6) is 0 Å². The Kier molecular flexibility index (Phi) is 7.00. The van der Waals surface area contributed by atoms with Gasteiger partial charge in [-0.05, 0) is 41.5 Å². The summed E-state index contributed by atoms with van der Waals surface area (Å²) in [7, 11) is 3.38. The zero-order valence-corrected chi connectivity index (χ0v) is 17.3. The molecule has 0 atom stereocenters. The van der Waals surface area contributed by atoms with E-state index in [1.54, 1.807) is 26.4 Å². The largest absolute Gasteiger partial charge is 0.404 e. The van der Waals surface area contributed by atoms with Crippen LogP contribution in [0.15, 0.2) is 53.7 Å². The third kappa shape index (κ3) is 4.76. The Balaban J connectivity index is 1.87. The SMILES string of the molecule is CN=C/C(=C\N)c1ccc(N)c(C(=N)c2cc3cc(CNCCOC)ccc3[nH]2)c1. The number of H-pyrrole nitrogens is 1. The Morgan fingerprint density at radius 1 is 1.23 bits per heavy atom. The van der Waals surface area contributed by atoms with Gasteiger partial charge >= 0.3 is 0 Å². The number of ether oxygens (including phenoxy) is 1. The molecule has 7 nitrogen and oxygen atoms in total. The molecule has 0 radical (unpaired) electrons. The highest BCUT2D eigenvalue weighted by atomic mass is 16.5. The van der Waals surface area contributed by atoms with Gasteiger partial charge in [-0.25, -0.2) is 0 Å². The van der Waals surface area contributed by atoms with Gasteiger partial charge in [0.2, 0.25) is 0 Å². The van der Waals surface area contributed by atoms with Gasteiger partial charge < -0.3 is 26.5 Å². The Labute approximate surface area is 176 Å². The van der Waals surface area contributed by atoms with Gasteiger partial charge in [-0.15, -0.1) is 0 Å². The molecule has 0 unspecified atom stereocenters. The van der Waals surface area contributed by atoms with Gasteiger partial charge in [-0.3, -0.25) is 10.4 Å². The molecule has 0 saturated carbocycles. The van der Waals surface area contributed by atoms with Gasteiger partial charge in [0.25, 0.3) is 0 Å². The van der Waals surface area contributed by atoms with Crippen LogP contribution in [0.4, 0.5) is 5.69 Å². The second-order valence-corrected chi connectivity index (χ2v) is 6.96. The normalized spacial score (nSPS) is 12.1. The van der Waals surface area contributed by atoms with E-state index in [4.69, 9.17) is 21.6 Å². The molecule has 3 aromatic rings. The number of nitrogens with one attached hydrogen (secondary N) is 3. The van der Waals surface area contributed by atoms with Crippen molar-refractivity contribution < 1.29 is 4.74 Å². The molecule has 0 spiro atoms. The van der Waals surface area contributed by atoms with Crippen molar-refractivity contribution in [2.24, 2.45) is 10.7 Å². The van der Waals surface area contributed by atoms with E-state index in [9.17, 15) is 0 Å². The Morgan fingerprint density at radius 3 is 2.80 bits per heavy atom. The maximum atomic E-state index is 8.73. The number of nitrogen functional groups attached to an aromatic ring is 1. The topological polar surface area (TPSA) is 125 Å². The van der Waals surface area contributed by atoms with E-state index in [-0.39, 0.29) is 0 Å². The van der Waals surface area contributed by atoms with E-state index in [1.165, 1.54) is 11.8 Å². The van der Waals surface area contributed by atoms with Crippen LogP contribution >= 0.6 is 0 Å². The molecular weight excluding hydrogens is 376 g/mol.